The highest BCUT2D eigenvalue weighted by atomic mass is 127. The molecule has 0 rings (SSSR count). The fourth-order valence-electron chi connectivity index (χ4n) is 0. The molecule has 0 aliphatic rings. The van der Waals surface area contributed by atoms with Crippen molar-refractivity contribution in [2.45, 2.75) is 10.3 Å². The molecule has 0 saturated carbocycles. The minimum atomic E-state index is -1.11. The molecule has 0 aromatic carbocycles. The first-order valence-corrected chi connectivity index (χ1v) is 2.82. The molecule has 0 spiro atoms. The SMILES string of the molecule is CC(F)(P)I. The molecule has 3 heteroatoms. The van der Waals surface area contributed by atoms with E-state index in [1.54, 1.807) is 22.6 Å². The van der Waals surface area contributed by atoms with Crippen molar-refractivity contribution in [2.24, 2.45) is 0 Å². The molecule has 0 radical (unpaired) electrons. The summed E-state index contributed by atoms with van der Waals surface area (Å²) in [5.74, 6) is 0. The van der Waals surface area contributed by atoms with Gasteiger partial charge in [0.25, 0.3) is 0 Å². The van der Waals surface area contributed by atoms with Gasteiger partial charge in [-0.15, -0.1) is 0 Å². The smallest absolute Gasteiger partial charge is 0.170 e. The third-order valence-corrected chi connectivity index (χ3v) is 0. The Morgan fingerprint density at radius 3 is 2.00 bits per heavy atom. The van der Waals surface area contributed by atoms with E-state index in [0.29, 0.717) is 0 Å². The van der Waals surface area contributed by atoms with E-state index in [1.807, 2.05) is 9.24 Å². The van der Waals surface area contributed by atoms with Crippen LogP contribution in [0.5, 0.6) is 0 Å². The lowest BCUT2D eigenvalue weighted by atomic mass is 10.9. The summed E-state index contributed by atoms with van der Waals surface area (Å²) in [6.45, 7) is 1.47. The van der Waals surface area contributed by atoms with Gasteiger partial charge < -0.3 is 0 Å². The molecule has 0 aliphatic heterocycles. The molecule has 0 N–H and O–H groups in total. The predicted octanol–water partition coefficient (Wildman–Crippen LogP) is 1.94. The van der Waals surface area contributed by atoms with Gasteiger partial charge in [0.2, 0.25) is 0 Å². The number of hydrogen-bond acceptors (Lipinski definition) is 0. The summed E-state index contributed by atoms with van der Waals surface area (Å²) >= 11 is 1.67. The molecule has 0 amide bonds. The van der Waals surface area contributed by atoms with Gasteiger partial charge in [0.15, 0.2) is 3.42 Å². The van der Waals surface area contributed by atoms with Crippen molar-refractivity contribution >= 4 is 31.8 Å². The van der Waals surface area contributed by atoms with E-state index in [-0.39, 0.29) is 0 Å². The summed E-state index contributed by atoms with van der Waals surface area (Å²) in [6, 6.07) is 0. The Kier molecular flexibility index (Phi) is 2.06. The van der Waals surface area contributed by atoms with Crippen molar-refractivity contribution in [3.8, 4) is 0 Å². The zero-order valence-electron chi connectivity index (χ0n) is 2.83. The lowest BCUT2D eigenvalue weighted by Gasteiger charge is -1.97. The van der Waals surface area contributed by atoms with E-state index < -0.39 is 3.42 Å². The van der Waals surface area contributed by atoms with E-state index in [4.69, 9.17) is 0 Å². The van der Waals surface area contributed by atoms with E-state index >= 15 is 0 Å². The second kappa shape index (κ2) is 1.69. The van der Waals surface area contributed by atoms with Crippen LogP contribution in [-0.2, 0) is 0 Å². The maximum absolute atomic E-state index is 11.6. The largest absolute Gasteiger partial charge is 0.228 e. The van der Waals surface area contributed by atoms with Crippen LogP contribution < -0.4 is 0 Å². The maximum atomic E-state index is 11.6. The molecule has 0 bridgehead atoms. The molecule has 2 unspecified atom stereocenters. The van der Waals surface area contributed by atoms with Gasteiger partial charge in [-0.25, -0.2) is 4.39 Å². The lowest BCUT2D eigenvalue weighted by molar-refractivity contribution is 0.463. The highest BCUT2D eigenvalue weighted by Crippen LogP contribution is 2.26. The Bertz CT molecular complexity index is 25.1. The lowest BCUT2D eigenvalue weighted by Crippen LogP contribution is -1.87. The van der Waals surface area contributed by atoms with E-state index in [0.717, 1.165) is 0 Å². The molecular weight excluding hydrogens is 201 g/mol. The third-order valence-electron chi connectivity index (χ3n) is 0. The number of hydrogen-bond donors (Lipinski definition) is 0. The molecule has 0 fully saturated rings. The third kappa shape index (κ3) is 40.9. The average Bonchev–Trinajstić information content (AvgIpc) is 0.722. The number of alkyl halides is 2. The summed E-state index contributed by atoms with van der Waals surface area (Å²) in [5.41, 5.74) is 0. The van der Waals surface area contributed by atoms with Gasteiger partial charge in [0.05, 0.1) is 0 Å². The molecule has 32 valence electrons. The molecule has 0 aromatic rings. The van der Waals surface area contributed by atoms with Crippen LogP contribution in [0.25, 0.3) is 0 Å². The summed E-state index contributed by atoms with van der Waals surface area (Å²) in [6.07, 6.45) is 0. The molecule has 0 nitrogen and oxygen atoms in total. The zero-order chi connectivity index (χ0) is 4.50. The maximum Gasteiger partial charge on any atom is 0.170 e. The van der Waals surface area contributed by atoms with Gasteiger partial charge in [0.1, 0.15) is 0 Å². The summed E-state index contributed by atoms with van der Waals surface area (Å²) in [7, 11) is 2.04. The topological polar surface area (TPSA) is 0 Å². The fraction of sp³-hybridized carbons (Fsp3) is 1.00. The van der Waals surface area contributed by atoms with Crippen LogP contribution in [0.2, 0.25) is 0 Å². The normalized spacial score (nSPS) is 21.6. The van der Waals surface area contributed by atoms with Gasteiger partial charge in [-0.2, -0.15) is 0 Å². The van der Waals surface area contributed by atoms with Crippen molar-refractivity contribution in [3.05, 3.63) is 0 Å². The van der Waals surface area contributed by atoms with E-state index in [2.05, 4.69) is 0 Å². The second-order valence-corrected chi connectivity index (χ2v) is 5.32. The molecular formula is C2H5FIP. The van der Waals surface area contributed by atoms with Crippen molar-refractivity contribution in [1.29, 1.82) is 0 Å². The zero-order valence-corrected chi connectivity index (χ0v) is 6.15. The molecule has 0 heterocycles. The van der Waals surface area contributed by atoms with Gasteiger partial charge in [-0.05, 0) is 29.5 Å². The Morgan fingerprint density at radius 2 is 2.00 bits per heavy atom. The second-order valence-electron chi connectivity index (χ2n) is 0.956. The number of rotatable bonds is 0. The van der Waals surface area contributed by atoms with Crippen LogP contribution in [0, 0.1) is 0 Å². The van der Waals surface area contributed by atoms with Gasteiger partial charge in [0, 0.05) is 0 Å². The molecule has 0 saturated heterocycles. The van der Waals surface area contributed by atoms with E-state index in [1.165, 1.54) is 6.92 Å². The minimum Gasteiger partial charge on any atom is -0.228 e. The van der Waals surface area contributed by atoms with Crippen molar-refractivity contribution in [1.82, 2.24) is 0 Å². The summed E-state index contributed by atoms with van der Waals surface area (Å²) in [5, 5.41) is 0. The van der Waals surface area contributed by atoms with E-state index in [9.17, 15) is 4.39 Å². The molecule has 2 atom stereocenters. The minimum absolute atomic E-state index is 1.11. The summed E-state index contributed by atoms with van der Waals surface area (Å²) in [4.78, 5) is 0. The number of halogens is 2. The van der Waals surface area contributed by atoms with Crippen LogP contribution in [0.1, 0.15) is 6.92 Å². The predicted molar refractivity (Wildman–Crippen MR) is 33.2 cm³/mol. The van der Waals surface area contributed by atoms with Crippen molar-refractivity contribution in [2.75, 3.05) is 0 Å². The van der Waals surface area contributed by atoms with Crippen LogP contribution >= 0.6 is 31.8 Å². The monoisotopic (exact) mass is 206 g/mol. The van der Waals surface area contributed by atoms with Crippen LogP contribution in [0.3, 0.4) is 0 Å². The van der Waals surface area contributed by atoms with Crippen LogP contribution in [-0.4, -0.2) is 3.42 Å². The Morgan fingerprint density at radius 1 is 2.00 bits per heavy atom. The van der Waals surface area contributed by atoms with Gasteiger partial charge in [-0.1, -0.05) is 9.24 Å². The van der Waals surface area contributed by atoms with Gasteiger partial charge >= 0.3 is 0 Å². The van der Waals surface area contributed by atoms with Gasteiger partial charge in [-0.3, -0.25) is 0 Å². The standard InChI is InChI=1S/C2H5FIP/c1-2(3,4)5/h5H2,1H3. The highest BCUT2D eigenvalue weighted by Gasteiger charge is 2.05. The van der Waals surface area contributed by atoms with Crippen LogP contribution in [0.4, 0.5) is 4.39 Å². The first kappa shape index (κ1) is 6.09. The molecule has 0 aromatic heterocycles. The Labute approximate surface area is 46.9 Å². The molecule has 0 aliphatic carbocycles. The Hall–Kier alpha value is 1.09. The van der Waals surface area contributed by atoms with Crippen LogP contribution in [0.15, 0.2) is 0 Å². The quantitative estimate of drug-likeness (QED) is 0.322. The fourth-order valence-corrected chi connectivity index (χ4v) is 0. The molecule has 5 heavy (non-hydrogen) atoms. The van der Waals surface area contributed by atoms with Crippen molar-refractivity contribution < 1.29 is 4.39 Å². The Balaban J connectivity index is 3.02. The summed E-state index contributed by atoms with van der Waals surface area (Å²) < 4.78 is 10.5. The highest BCUT2D eigenvalue weighted by molar-refractivity contribution is 14.1. The van der Waals surface area contributed by atoms with Crippen molar-refractivity contribution in [3.63, 3.8) is 0 Å². The first-order valence-electron chi connectivity index (χ1n) is 1.17. The first-order chi connectivity index (χ1) is 2.00. The average molecular weight is 206 g/mol.